The van der Waals surface area contributed by atoms with Crippen molar-refractivity contribution in [3.8, 4) is 5.75 Å². The Morgan fingerprint density at radius 1 is 1.33 bits per heavy atom. The lowest BCUT2D eigenvalue weighted by molar-refractivity contribution is 0.331. The molecule has 1 unspecified atom stereocenters. The van der Waals surface area contributed by atoms with Crippen molar-refractivity contribution in [2.24, 2.45) is 11.7 Å². The van der Waals surface area contributed by atoms with Crippen LogP contribution in [0.3, 0.4) is 0 Å². The molecule has 2 N–H and O–H groups in total. The van der Waals surface area contributed by atoms with Gasteiger partial charge >= 0.3 is 0 Å². The van der Waals surface area contributed by atoms with Crippen molar-refractivity contribution in [1.82, 2.24) is 0 Å². The van der Waals surface area contributed by atoms with E-state index in [1.54, 1.807) is 7.11 Å². The Hall–Kier alpha value is -1.02. The zero-order valence-electron chi connectivity index (χ0n) is 9.71. The fourth-order valence-electron chi connectivity index (χ4n) is 2.34. The summed E-state index contributed by atoms with van der Waals surface area (Å²) in [6.07, 6.45) is 2.12. The second-order valence-electron chi connectivity index (χ2n) is 5.02. The van der Waals surface area contributed by atoms with Crippen molar-refractivity contribution in [2.45, 2.75) is 32.2 Å². The first-order chi connectivity index (χ1) is 7.02. The quantitative estimate of drug-likeness (QED) is 0.803. The second-order valence-corrected chi connectivity index (χ2v) is 5.02. The first kappa shape index (κ1) is 10.5. The summed E-state index contributed by atoms with van der Waals surface area (Å²) in [5.74, 6) is 1.54. The van der Waals surface area contributed by atoms with Crippen molar-refractivity contribution in [3.63, 3.8) is 0 Å². The van der Waals surface area contributed by atoms with E-state index in [-0.39, 0.29) is 5.54 Å². The van der Waals surface area contributed by atoms with E-state index in [9.17, 15) is 0 Å². The van der Waals surface area contributed by atoms with Gasteiger partial charge in [0.2, 0.25) is 0 Å². The fraction of sp³-hybridized carbons (Fsp3) is 0.538. The minimum atomic E-state index is -0.107. The predicted molar refractivity (Wildman–Crippen MR) is 62.2 cm³/mol. The summed E-state index contributed by atoms with van der Waals surface area (Å²) in [5.41, 5.74) is 8.82. The Kier molecular flexibility index (Phi) is 2.47. The minimum Gasteiger partial charge on any atom is -0.496 e. The van der Waals surface area contributed by atoms with Gasteiger partial charge in [0.05, 0.1) is 7.11 Å². The summed E-state index contributed by atoms with van der Waals surface area (Å²) in [4.78, 5) is 0. The van der Waals surface area contributed by atoms with Crippen molar-refractivity contribution >= 4 is 0 Å². The molecule has 82 valence electrons. The smallest absolute Gasteiger partial charge is 0.122 e. The molecular weight excluding hydrogens is 186 g/mol. The number of methoxy groups -OCH3 is 1. The number of hydrogen-bond donors (Lipinski definition) is 1. The molecule has 0 spiro atoms. The van der Waals surface area contributed by atoms with E-state index in [2.05, 4.69) is 26.0 Å². The lowest BCUT2D eigenvalue weighted by Crippen LogP contribution is -2.41. The molecule has 1 aliphatic rings. The van der Waals surface area contributed by atoms with Gasteiger partial charge in [-0.3, -0.25) is 0 Å². The van der Waals surface area contributed by atoms with Gasteiger partial charge in [-0.2, -0.15) is 0 Å². The second kappa shape index (κ2) is 3.53. The molecule has 0 saturated heterocycles. The molecule has 0 aliphatic heterocycles. The molecule has 0 bridgehead atoms. The average molecular weight is 205 g/mol. The largest absolute Gasteiger partial charge is 0.496 e. The molecule has 2 nitrogen and oxygen atoms in total. The number of hydrogen-bond acceptors (Lipinski definition) is 2. The molecule has 1 atom stereocenters. The molecule has 0 amide bonds. The molecule has 15 heavy (non-hydrogen) atoms. The van der Waals surface area contributed by atoms with E-state index < -0.39 is 0 Å². The molecule has 2 rings (SSSR count). The molecule has 1 aromatic carbocycles. The SMILES string of the molecule is COc1cccc2c1CC(C(C)(C)N)C2. The highest BCUT2D eigenvalue weighted by Crippen LogP contribution is 2.37. The topological polar surface area (TPSA) is 35.2 Å². The van der Waals surface area contributed by atoms with Crippen LogP contribution in [-0.4, -0.2) is 12.6 Å². The van der Waals surface area contributed by atoms with E-state index >= 15 is 0 Å². The maximum absolute atomic E-state index is 6.17. The summed E-state index contributed by atoms with van der Waals surface area (Å²) in [5, 5.41) is 0. The highest BCUT2D eigenvalue weighted by molar-refractivity contribution is 5.44. The molecule has 1 aromatic rings. The summed E-state index contributed by atoms with van der Waals surface area (Å²) in [7, 11) is 1.73. The Balaban J connectivity index is 2.31. The van der Waals surface area contributed by atoms with Crippen molar-refractivity contribution in [2.75, 3.05) is 7.11 Å². The van der Waals surface area contributed by atoms with Crippen molar-refractivity contribution in [1.29, 1.82) is 0 Å². The summed E-state index contributed by atoms with van der Waals surface area (Å²) < 4.78 is 5.38. The Bertz CT molecular complexity index is 365. The van der Waals surface area contributed by atoms with Gasteiger partial charge in [-0.15, -0.1) is 0 Å². The summed E-state index contributed by atoms with van der Waals surface area (Å²) in [6.45, 7) is 4.21. The molecule has 0 fully saturated rings. The third kappa shape index (κ3) is 1.86. The van der Waals surface area contributed by atoms with Crippen LogP contribution in [0, 0.1) is 5.92 Å². The van der Waals surface area contributed by atoms with Gasteiger partial charge in [-0.1, -0.05) is 12.1 Å². The lowest BCUT2D eigenvalue weighted by Gasteiger charge is -2.26. The zero-order chi connectivity index (χ0) is 11.1. The van der Waals surface area contributed by atoms with Crippen LogP contribution in [0.25, 0.3) is 0 Å². The third-order valence-electron chi connectivity index (χ3n) is 3.42. The van der Waals surface area contributed by atoms with E-state index in [0.29, 0.717) is 5.92 Å². The van der Waals surface area contributed by atoms with Crippen LogP contribution in [0.4, 0.5) is 0 Å². The molecule has 0 radical (unpaired) electrons. The zero-order valence-corrected chi connectivity index (χ0v) is 9.71. The Morgan fingerprint density at radius 3 is 2.67 bits per heavy atom. The van der Waals surface area contributed by atoms with Gasteiger partial charge in [0.15, 0.2) is 0 Å². The minimum absolute atomic E-state index is 0.107. The lowest BCUT2D eigenvalue weighted by atomic mass is 9.86. The van der Waals surface area contributed by atoms with E-state index in [0.717, 1.165) is 18.6 Å². The molecule has 0 saturated carbocycles. The van der Waals surface area contributed by atoms with Gasteiger partial charge in [0, 0.05) is 5.54 Å². The maximum atomic E-state index is 6.17. The van der Waals surface area contributed by atoms with Gasteiger partial charge < -0.3 is 10.5 Å². The monoisotopic (exact) mass is 205 g/mol. The van der Waals surface area contributed by atoms with Crippen LogP contribution in [0.5, 0.6) is 5.75 Å². The standard InChI is InChI=1S/C13H19NO/c1-13(2,14)10-7-9-5-4-6-12(15-3)11(9)8-10/h4-6,10H,7-8,14H2,1-3H3. The molecule has 0 heterocycles. The van der Waals surface area contributed by atoms with Crippen LogP contribution in [0.1, 0.15) is 25.0 Å². The van der Waals surface area contributed by atoms with Crippen molar-refractivity contribution < 1.29 is 4.74 Å². The fourth-order valence-corrected chi connectivity index (χ4v) is 2.34. The highest BCUT2D eigenvalue weighted by atomic mass is 16.5. The summed E-state index contributed by atoms with van der Waals surface area (Å²) >= 11 is 0. The van der Waals surface area contributed by atoms with Gasteiger partial charge in [-0.25, -0.2) is 0 Å². The van der Waals surface area contributed by atoms with E-state index in [4.69, 9.17) is 10.5 Å². The first-order valence-electron chi connectivity index (χ1n) is 5.46. The van der Waals surface area contributed by atoms with Crippen LogP contribution >= 0.6 is 0 Å². The highest BCUT2D eigenvalue weighted by Gasteiger charge is 2.32. The Labute approximate surface area is 91.4 Å². The molecule has 2 heteroatoms. The number of ether oxygens (including phenoxy) is 1. The first-order valence-corrected chi connectivity index (χ1v) is 5.46. The van der Waals surface area contributed by atoms with Crippen LogP contribution in [-0.2, 0) is 12.8 Å². The predicted octanol–water partition coefficient (Wildman–Crippen LogP) is 2.15. The average Bonchev–Trinajstić information content (AvgIpc) is 2.59. The van der Waals surface area contributed by atoms with Crippen LogP contribution in [0.15, 0.2) is 18.2 Å². The number of fused-ring (bicyclic) bond motifs is 1. The van der Waals surface area contributed by atoms with Gasteiger partial charge in [0.25, 0.3) is 0 Å². The molecular formula is C13H19NO. The number of nitrogens with two attached hydrogens (primary N) is 1. The van der Waals surface area contributed by atoms with Gasteiger partial charge in [-0.05, 0) is 49.8 Å². The van der Waals surface area contributed by atoms with E-state index in [1.165, 1.54) is 11.1 Å². The van der Waals surface area contributed by atoms with Gasteiger partial charge in [0.1, 0.15) is 5.75 Å². The van der Waals surface area contributed by atoms with Crippen LogP contribution < -0.4 is 10.5 Å². The normalized spacial score (nSPS) is 20.1. The van der Waals surface area contributed by atoms with Crippen molar-refractivity contribution in [3.05, 3.63) is 29.3 Å². The number of benzene rings is 1. The molecule has 0 aromatic heterocycles. The number of rotatable bonds is 2. The summed E-state index contributed by atoms with van der Waals surface area (Å²) in [6, 6.07) is 6.28. The maximum Gasteiger partial charge on any atom is 0.122 e. The third-order valence-corrected chi connectivity index (χ3v) is 3.42. The van der Waals surface area contributed by atoms with E-state index in [1.807, 2.05) is 6.07 Å². The Morgan fingerprint density at radius 2 is 2.07 bits per heavy atom. The van der Waals surface area contributed by atoms with Crippen LogP contribution in [0.2, 0.25) is 0 Å². The molecule has 1 aliphatic carbocycles.